The lowest BCUT2D eigenvalue weighted by Crippen LogP contribution is -2.44. The lowest BCUT2D eigenvalue weighted by atomic mass is 9.92. The van der Waals surface area contributed by atoms with Gasteiger partial charge in [-0.2, -0.15) is 0 Å². The molecule has 1 fully saturated rings. The van der Waals surface area contributed by atoms with E-state index < -0.39 is 0 Å². The first kappa shape index (κ1) is 14.9. The molecule has 116 valence electrons. The number of pyridine rings is 1. The van der Waals surface area contributed by atoms with Gasteiger partial charge < -0.3 is 9.64 Å². The van der Waals surface area contributed by atoms with Crippen LogP contribution in [-0.4, -0.2) is 46.1 Å². The highest BCUT2D eigenvalue weighted by atomic mass is 16.5. The van der Waals surface area contributed by atoms with Crippen molar-refractivity contribution in [2.24, 2.45) is 0 Å². The first-order valence-corrected chi connectivity index (χ1v) is 7.80. The first-order valence-electron chi connectivity index (χ1n) is 7.80. The Balaban J connectivity index is 1.70. The Morgan fingerprint density at radius 3 is 2.50 bits per heavy atom. The second kappa shape index (κ2) is 6.83. The molecule has 2 atom stereocenters. The quantitative estimate of drug-likeness (QED) is 0.868. The van der Waals surface area contributed by atoms with Crippen LogP contribution in [0, 0.1) is 0 Å². The van der Waals surface area contributed by atoms with Crippen molar-refractivity contribution in [3.05, 3.63) is 36.8 Å². The van der Waals surface area contributed by atoms with Crippen LogP contribution in [0.3, 0.4) is 0 Å². The van der Waals surface area contributed by atoms with E-state index in [0.29, 0.717) is 12.1 Å². The Morgan fingerprint density at radius 1 is 1.05 bits per heavy atom. The standard InChI is InChI=1S/C17H22N4O/c1-21(2)15-8-3-4-9-16(15)22-17-19-11-13(12-20-17)14-7-5-6-10-18-14/h5-7,10-12,15-16H,3-4,8-9H2,1-2H3/t15-,16-/m0/s1. The number of aromatic nitrogens is 3. The number of likely N-dealkylation sites (N-methyl/N-ethyl adjacent to an activating group) is 1. The average Bonchev–Trinajstić information content (AvgIpc) is 2.57. The molecule has 0 spiro atoms. The third-order valence-corrected chi connectivity index (χ3v) is 4.18. The van der Waals surface area contributed by atoms with Gasteiger partial charge in [0.2, 0.25) is 0 Å². The van der Waals surface area contributed by atoms with E-state index in [-0.39, 0.29) is 6.10 Å². The van der Waals surface area contributed by atoms with Crippen LogP contribution in [0.25, 0.3) is 11.3 Å². The second-order valence-corrected chi connectivity index (χ2v) is 5.94. The summed E-state index contributed by atoms with van der Waals surface area (Å²) in [7, 11) is 4.22. The minimum Gasteiger partial charge on any atom is -0.458 e. The molecule has 3 rings (SSSR count). The fraction of sp³-hybridized carbons (Fsp3) is 0.471. The maximum atomic E-state index is 6.04. The fourth-order valence-electron chi connectivity index (χ4n) is 2.98. The highest BCUT2D eigenvalue weighted by molar-refractivity contribution is 5.56. The SMILES string of the molecule is CN(C)[C@H]1CCCC[C@@H]1Oc1ncc(-c2ccccn2)cn1. The van der Waals surface area contributed by atoms with Gasteiger partial charge in [-0.25, -0.2) is 9.97 Å². The van der Waals surface area contributed by atoms with Gasteiger partial charge in [-0.05, 0) is 45.5 Å². The fourth-order valence-corrected chi connectivity index (χ4v) is 2.98. The Bertz CT molecular complexity index is 585. The Hall–Kier alpha value is -2.01. The molecule has 0 bridgehead atoms. The van der Waals surface area contributed by atoms with Gasteiger partial charge in [-0.1, -0.05) is 12.5 Å². The van der Waals surface area contributed by atoms with Crippen molar-refractivity contribution in [2.45, 2.75) is 37.8 Å². The minimum atomic E-state index is 0.171. The zero-order valence-corrected chi connectivity index (χ0v) is 13.1. The Kier molecular flexibility index (Phi) is 4.63. The molecule has 0 saturated heterocycles. The Labute approximate surface area is 131 Å². The van der Waals surface area contributed by atoms with Crippen LogP contribution in [0.5, 0.6) is 6.01 Å². The van der Waals surface area contributed by atoms with Gasteiger partial charge in [0, 0.05) is 30.2 Å². The van der Waals surface area contributed by atoms with Gasteiger partial charge in [0.25, 0.3) is 0 Å². The minimum absolute atomic E-state index is 0.171. The third kappa shape index (κ3) is 3.42. The zero-order valence-electron chi connectivity index (χ0n) is 13.1. The van der Waals surface area contributed by atoms with Crippen molar-refractivity contribution in [3.8, 4) is 17.3 Å². The number of rotatable bonds is 4. The van der Waals surface area contributed by atoms with Crippen LogP contribution in [0.1, 0.15) is 25.7 Å². The van der Waals surface area contributed by atoms with Crippen LogP contribution in [0.2, 0.25) is 0 Å². The molecule has 22 heavy (non-hydrogen) atoms. The molecule has 0 aromatic carbocycles. The molecule has 0 unspecified atom stereocenters. The maximum absolute atomic E-state index is 6.04. The molecule has 5 heteroatoms. The predicted octanol–water partition coefficient (Wildman–Crippen LogP) is 2.79. The molecular formula is C17H22N4O. The highest BCUT2D eigenvalue weighted by Crippen LogP contribution is 2.25. The van der Waals surface area contributed by atoms with Crippen LogP contribution in [-0.2, 0) is 0 Å². The summed E-state index contributed by atoms with van der Waals surface area (Å²) in [6, 6.07) is 6.69. The smallest absolute Gasteiger partial charge is 0.316 e. The molecule has 2 aromatic heterocycles. The second-order valence-electron chi connectivity index (χ2n) is 5.94. The molecule has 0 amide bonds. The van der Waals surface area contributed by atoms with E-state index in [2.05, 4.69) is 33.9 Å². The van der Waals surface area contributed by atoms with Crippen LogP contribution >= 0.6 is 0 Å². The van der Waals surface area contributed by atoms with E-state index in [1.54, 1.807) is 18.6 Å². The third-order valence-electron chi connectivity index (χ3n) is 4.18. The lowest BCUT2D eigenvalue weighted by Gasteiger charge is -2.35. The molecule has 1 saturated carbocycles. The molecule has 0 N–H and O–H groups in total. The number of ether oxygens (including phenoxy) is 1. The zero-order chi connectivity index (χ0) is 15.4. The Morgan fingerprint density at radius 2 is 1.82 bits per heavy atom. The van der Waals surface area contributed by atoms with E-state index in [4.69, 9.17) is 4.74 Å². The van der Waals surface area contributed by atoms with Gasteiger partial charge in [0.15, 0.2) is 0 Å². The van der Waals surface area contributed by atoms with Crippen molar-refractivity contribution in [1.29, 1.82) is 0 Å². The largest absolute Gasteiger partial charge is 0.458 e. The monoisotopic (exact) mass is 298 g/mol. The van der Waals surface area contributed by atoms with E-state index >= 15 is 0 Å². The average molecular weight is 298 g/mol. The summed E-state index contributed by atoms with van der Waals surface area (Å²) in [5.41, 5.74) is 1.78. The highest BCUT2D eigenvalue weighted by Gasteiger charge is 2.28. The number of hydrogen-bond donors (Lipinski definition) is 0. The van der Waals surface area contributed by atoms with Gasteiger partial charge in [-0.15, -0.1) is 0 Å². The topological polar surface area (TPSA) is 51.1 Å². The molecule has 0 aliphatic heterocycles. The molecule has 2 heterocycles. The van der Waals surface area contributed by atoms with Crippen LogP contribution in [0.15, 0.2) is 36.8 Å². The molecule has 5 nitrogen and oxygen atoms in total. The van der Waals surface area contributed by atoms with Crippen molar-refractivity contribution < 1.29 is 4.74 Å². The first-order chi connectivity index (χ1) is 10.7. The summed E-state index contributed by atoms with van der Waals surface area (Å²) in [4.78, 5) is 15.2. The summed E-state index contributed by atoms with van der Waals surface area (Å²) in [5.74, 6) is 0. The van der Waals surface area contributed by atoms with Crippen molar-refractivity contribution in [1.82, 2.24) is 19.9 Å². The van der Waals surface area contributed by atoms with Crippen LogP contribution in [0.4, 0.5) is 0 Å². The summed E-state index contributed by atoms with van der Waals surface area (Å²) in [6.45, 7) is 0. The van der Waals surface area contributed by atoms with E-state index in [9.17, 15) is 0 Å². The normalized spacial score (nSPS) is 21.8. The molecule has 1 aliphatic carbocycles. The van der Waals surface area contributed by atoms with E-state index in [1.807, 2.05) is 18.2 Å². The van der Waals surface area contributed by atoms with Crippen molar-refractivity contribution >= 4 is 0 Å². The summed E-state index contributed by atoms with van der Waals surface area (Å²) in [6.07, 6.45) is 10.2. The summed E-state index contributed by atoms with van der Waals surface area (Å²) in [5, 5.41) is 0. The predicted molar refractivity (Wildman–Crippen MR) is 85.6 cm³/mol. The maximum Gasteiger partial charge on any atom is 0.316 e. The summed E-state index contributed by atoms with van der Waals surface area (Å²) >= 11 is 0. The van der Waals surface area contributed by atoms with Crippen LogP contribution < -0.4 is 4.74 Å². The molecular weight excluding hydrogens is 276 g/mol. The molecule has 1 aliphatic rings. The summed E-state index contributed by atoms with van der Waals surface area (Å²) < 4.78 is 6.04. The van der Waals surface area contributed by atoms with Gasteiger partial charge >= 0.3 is 6.01 Å². The van der Waals surface area contributed by atoms with Gasteiger partial charge in [-0.3, -0.25) is 4.98 Å². The van der Waals surface area contributed by atoms with E-state index in [1.165, 1.54) is 19.3 Å². The molecule has 2 aromatic rings. The van der Waals surface area contributed by atoms with Crippen molar-refractivity contribution in [3.63, 3.8) is 0 Å². The van der Waals surface area contributed by atoms with Crippen molar-refractivity contribution in [2.75, 3.05) is 14.1 Å². The van der Waals surface area contributed by atoms with Gasteiger partial charge in [0.05, 0.1) is 5.69 Å². The lowest BCUT2D eigenvalue weighted by molar-refractivity contribution is 0.0551. The van der Waals surface area contributed by atoms with Gasteiger partial charge in [0.1, 0.15) is 6.10 Å². The van der Waals surface area contributed by atoms with E-state index in [0.717, 1.165) is 17.7 Å². The number of nitrogens with zero attached hydrogens (tertiary/aromatic N) is 4. The number of hydrogen-bond acceptors (Lipinski definition) is 5. The molecule has 0 radical (unpaired) electrons.